The van der Waals surface area contributed by atoms with Gasteiger partial charge in [0.2, 0.25) is 11.9 Å². The van der Waals surface area contributed by atoms with E-state index in [9.17, 15) is 24.0 Å². The summed E-state index contributed by atoms with van der Waals surface area (Å²) in [7, 11) is 0. The molecule has 0 unspecified atom stereocenters. The highest BCUT2D eigenvalue weighted by atomic mass is 35.5. The van der Waals surface area contributed by atoms with Gasteiger partial charge in [0.05, 0.1) is 11.1 Å². The third-order valence-corrected chi connectivity index (χ3v) is 8.66. The maximum absolute atomic E-state index is 13.8. The molecule has 59 heavy (non-hydrogen) atoms. The third kappa shape index (κ3) is 16.0. The SMILES string of the molecule is CC(C)(C)OC(=O)/N=C(/NC(=O)OC(C)(C)C)Nc1ccc(C(=O)Oc2ccc(CCC(=O)N(Cc3cccc(C(=O)OC(C)(C)C)c3)C3CCOCC3)c(Cl)c2)cc1. The van der Waals surface area contributed by atoms with Crippen LogP contribution in [0.4, 0.5) is 15.3 Å². The Balaban J connectivity index is 1.39. The number of hydrogen-bond acceptors (Lipinski definition) is 10. The molecule has 1 aliphatic rings. The van der Waals surface area contributed by atoms with Gasteiger partial charge < -0.3 is 33.9 Å². The first-order valence-electron chi connectivity index (χ1n) is 19.4. The summed E-state index contributed by atoms with van der Waals surface area (Å²) >= 11 is 6.64. The van der Waals surface area contributed by atoms with E-state index in [4.69, 9.17) is 35.3 Å². The van der Waals surface area contributed by atoms with E-state index < -0.39 is 40.9 Å². The van der Waals surface area contributed by atoms with Crippen molar-refractivity contribution in [3.05, 3.63) is 94.0 Å². The fraction of sp³-hybridized carbons (Fsp3) is 0.455. The number of amides is 3. The van der Waals surface area contributed by atoms with Gasteiger partial charge >= 0.3 is 24.1 Å². The van der Waals surface area contributed by atoms with Crippen LogP contribution in [-0.4, -0.2) is 77.0 Å². The van der Waals surface area contributed by atoms with Gasteiger partial charge in [-0.25, -0.2) is 19.2 Å². The van der Waals surface area contributed by atoms with E-state index in [1.165, 1.54) is 30.3 Å². The maximum Gasteiger partial charge on any atom is 0.437 e. The molecule has 4 rings (SSSR count). The number of rotatable bonds is 10. The van der Waals surface area contributed by atoms with Crippen molar-refractivity contribution >= 4 is 53.3 Å². The topological polar surface area (TPSA) is 171 Å². The lowest BCUT2D eigenvalue weighted by Crippen LogP contribution is -2.43. The van der Waals surface area contributed by atoms with Crippen LogP contribution in [0.25, 0.3) is 0 Å². The Hall–Kier alpha value is -5.47. The first-order valence-corrected chi connectivity index (χ1v) is 19.8. The number of aliphatic imine (C=N–C) groups is 1. The second-order valence-corrected chi connectivity index (χ2v) is 17.4. The smallest absolute Gasteiger partial charge is 0.437 e. The van der Waals surface area contributed by atoms with Crippen LogP contribution < -0.4 is 15.4 Å². The Bertz CT molecular complexity index is 2010. The lowest BCUT2D eigenvalue weighted by molar-refractivity contribution is -0.136. The van der Waals surface area contributed by atoms with Crippen LogP contribution in [0.5, 0.6) is 5.75 Å². The number of carbonyl (C=O) groups excluding carboxylic acids is 5. The minimum atomic E-state index is -0.941. The van der Waals surface area contributed by atoms with Gasteiger partial charge in [0.25, 0.3) is 0 Å². The molecule has 1 fully saturated rings. The van der Waals surface area contributed by atoms with Crippen molar-refractivity contribution in [2.45, 2.75) is 117 Å². The summed E-state index contributed by atoms with van der Waals surface area (Å²) in [5, 5.41) is 5.57. The van der Waals surface area contributed by atoms with Crippen LogP contribution in [-0.2, 0) is 36.7 Å². The molecule has 0 saturated carbocycles. The maximum atomic E-state index is 13.8. The summed E-state index contributed by atoms with van der Waals surface area (Å²) in [6.45, 7) is 17.0. The number of aryl methyl sites for hydroxylation is 1. The van der Waals surface area contributed by atoms with Gasteiger partial charge in [-0.2, -0.15) is 0 Å². The molecule has 1 saturated heterocycles. The van der Waals surface area contributed by atoms with Crippen LogP contribution >= 0.6 is 11.6 Å². The summed E-state index contributed by atoms with van der Waals surface area (Å²) in [4.78, 5) is 70.2. The van der Waals surface area contributed by atoms with Gasteiger partial charge in [0.1, 0.15) is 22.6 Å². The molecule has 14 nitrogen and oxygen atoms in total. The summed E-state index contributed by atoms with van der Waals surface area (Å²) in [5.41, 5.74) is 0.266. The van der Waals surface area contributed by atoms with E-state index in [1.54, 1.807) is 71.9 Å². The number of carbonyl (C=O) groups is 5. The zero-order valence-corrected chi connectivity index (χ0v) is 36.0. The van der Waals surface area contributed by atoms with Crippen molar-refractivity contribution in [1.29, 1.82) is 0 Å². The van der Waals surface area contributed by atoms with Gasteiger partial charge in [0, 0.05) is 42.9 Å². The number of benzene rings is 3. The summed E-state index contributed by atoms with van der Waals surface area (Å²) in [5.74, 6) is -1.19. The summed E-state index contributed by atoms with van der Waals surface area (Å²) in [6, 6.07) is 18.0. The van der Waals surface area contributed by atoms with Gasteiger partial charge in [-0.1, -0.05) is 29.8 Å². The lowest BCUT2D eigenvalue weighted by atomic mass is 10.0. The summed E-state index contributed by atoms with van der Waals surface area (Å²) < 4.78 is 27.2. The van der Waals surface area contributed by atoms with E-state index in [0.29, 0.717) is 60.9 Å². The molecule has 1 heterocycles. The fourth-order valence-corrected chi connectivity index (χ4v) is 6.05. The van der Waals surface area contributed by atoms with Crippen molar-refractivity contribution in [2.24, 2.45) is 4.99 Å². The molecule has 3 amide bonds. The quantitative estimate of drug-likeness (QED) is 0.0657. The molecule has 15 heteroatoms. The Morgan fingerprint density at radius 2 is 1.42 bits per heavy atom. The number of nitrogens with zero attached hydrogens (tertiary/aromatic N) is 2. The van der Waals surface area contributed by atoms with Crippen LogP contribution in [0.3, 0.4) is 0 Å². The van der Waals surface area contributed by atoms with Crippen molar-refractivity contribution < 1.29 is 47.7 Å². The monoisotopic (exact) mass is 834 g/mol. The highest BCUT2D eigenvalue weighted by molar-refractivity contribution is 6.31. The molecule has 0 atom stereocenters. The predicted molar refractivity (Wildman–Crippen MR) is 224 cm³/mol. The second kappa shape index (κ2) is 20.0. The molecular weight excluding hydrogens is 780 g/mol. The molecule has 0 spiro atoms. The molecule has 0 radical (unpaired) electrons. The van der Waals surface area contributed by atoms with Crippen LogP contribution in [0.15, 0.2) is 71.7 Å². The van der Waals surface area contributed by atoms with Crippen molar-refractivity contribution in [3.8, 4) is 5.75 Å². The Kier molecular flexibility index (Phi) is 15.7. The highest BCUT2D eigenvalue weighted by Gasteiger charge is 2.27. The van der Waals surface area contributed by atoms with Gasteiger partial charge in [-0.3, -0.25) is 10.1 Å². The largest absolute Gasteiger partial charge is 0.456 e. The molecule has 3 aromatic rings. The minimum Gasteiger partial charge on any atom is -0.456 e. The Morgan fingerprint density at radius 3 is 2.03 bits per heavy atom. The first-order chi connectivity index (χ1) is 27.5. The van der Waals surface area contributed by atoms with Crippen molar-refractivity contribution in [1.82, 2.24) is 10.2 Å². The molecule has 0 aliphatic carbocycles. The van der Waals surface area contributed by atoms with E-state index >= 15 is 0 Å². The molecule has 0 bridgehead atoms. The molecule has 3 aromatic carbocycles. The highest BCUT2D eigenvalue weighted by Crippen LogP contribution is 2.27. The molecule has 0 aromatic heterocycles. The average molecular weight is 835 g/mol. The average Bonchev–Trinajstić information content (AvgIpc) is 3.12. The fourth-order valence-electron chi connectivity index (χ4n) is 5.78. The lowest BCUT2D eigenvalue weighted by Gasteiger charge is -2.34. The van der Waals surface area contributed by atoms with E-state index in [-0.39, 0.29) is 35.6 Å². The predicted octanol–water partition coefficient (Wildman–Crippen LogP) is 8.88. The zero-order valence-electron chi connectivity index (χ0n) is 35.2. The molecule has 1 aliphatic heterocycles. The number of hydrogen-bond donors (Lipinski definition) is 2. The van der Waals surface area contributed by atoms with Crippen LogP contribution in [0, 0.1) is 0 Å². The van der Waals surface area contributed by atoms with Gasteiger partial charge in [0.15, 0.2) is 0 Å². The Morgan fingerprint density at radius 1 is 0.780 bits per heavy atom. The van der Waals surface area contributed by atoms with E-state index in [1.807, 2.05) is 31.7 Å². The number of anilines is 1. The van der Waals surface area contributed by atoms with Gasteiger partial charge in [-0.05, 0) is 141 Å². The van der Waals surface area contributed by atoms with Crippen LogP contribution in [0.2, 0.25) is 5.02 Å². The van der Waals surface area contributed by atoms with E-state index in [0.717, 1.165) is 5.56 Å². The molecule has 318 valence electrons. The minimum absolute atomic E-state index is 0.0233. The van der Waals surface area contributed by atoms with Crippen molar-refractivity contribution in [3.63, 3.8) is 0 Å². The zero-order chi connectivity index (χ0) is 43.5. The third-order valence-electron chi connectivity index (χ3n) is 8.31. The number of ether oxygens (including phenoxy) is 5. The first kappa shape index (κ1) is 46.2. The number of nitrogens with one attached hydrogen (secondary N) is 2. The summed E-state index contributed by atoms with van der Waals surface area (Å²) in [6.07, 6.45) is 0.141. The number of guanidine groups is 1. The molecule has 2 N–H and O–H groups in total. The molecular formula is C44H55ClN4O10. The Labute approximate surface area is 350 Å². The van der Waals surface area contributed by atoms with Crippen LogP contribution in [0.1, 0.15) is 113 Å². The number of esters is 2. The van der Waals surface area contributed by atoms with Crippen molar-refractivity contribution in [2.75, 3.05) is 18.5 Å². The number of halogens is 1. The van der Waals surface area contributed by atoms with Gasteiger partial charge in [-0.15, -0.1) is 4.99 Å². The second-order valence-electron chi connectivity index (χ2n) is 17.0. The standard InChI is InChI=1S/C44H55ClN4O10/c1-42(2,3)57-38(52)31-12-10-11-28(25-31)27-49(33-21-23-55-24-22-33)36(50)20-16-29-15-19-34(26-35(29)45)56-37(51)30-13-17-32(18-14-30)46-39(47-40(53)58-43(4,5)6)48-41(54)59-44(7,8)9/h10-15,17-19,25-26,33H,16,20-24,27H2,1-9H3,(H2,46,47,48,53,54). The van der Waals surface area contributed by atoms with E-state index in [2.05, 4.69) is 15.6 Å². The number of alkyl carbamates (subject to hydrolysis) is 1. The normalized spacial score (nSPS) is 13.8.